The van der Waals surface area contributed by atoms with Gasteiger partial charge in [-0.25, -0.2) is 13.4 Å². The second-order valence-electron chi connectivity index (χ2n) is 6.34. The van der Waals surface area contributed by atoms with Crippen LogP contribution in [-0.2, 0) is 20.5 Å². The molecule has 28 heavy (non-hydrogen) atoms. The largest absolute Gasteiger partial charge is 0.379 e. The maximum atomic E-state index is 12.8. The fourth-order valence-electron chi connectivity index (χ4n) is 3.02. The Bertz CT molecular complexity index is 1160. The molecule has 1 aromatic heterocycles. The SMILES string of the molecule is O=c1[nH]c(SCc2cccc(S(=O)(=O)N3CCOCC3)c2)nc2ccccc12. The average molecular weight is 418 g/mol. The van der Waals surface area contributed by atoms with Crippen molar-refractivity contribution >= 4 is 32.7 Å². The van der Waals surface area contributed by atoms with Gasteiger partial charge < -0.3 is 9.72 Å². The fourth-order valence-corrected chi connectivity index (χ4v) is 5.31. The van der Waals surface area contributed by atoms with E-state index in [1.54, 1.807) is 36.4 Å². The summed E-state index contributed by atoms with van der Waals surface area (Å²) in [6, 6.07) is 14.0. The molecule has 1 aliphatic heterocycles. The molecule has 4 rings (SSSR count). The van der Waals surface area contributed by atoms with E-state index in [2.05, 4.69) is 9.97 Å². The monoisotopic (exact) mass is 417 g/mol. The van der Waals surface area contributed by atoms with Crippen LogP contribution in [0.4, 0.5) is 0 Å². The van der Waals surface area contributed by atoms with Crippen molar-refractivity contribution in [2.24, 2.45) is 0 Å². The first-order chi connectivity index (χ1) is 13.5. The van der Waals surface area contributed by atoms with E-state index in [1.165, 1.54) is 16.1 Å². The first-order valence-corrected chi connectivity index (χ1v) is 11.3. The van der Waals surface area contributed by atoms with Crippen LogP contribution in [0.1, 0.15) is 5.56 Å². The number of rotatable bonds is 5. The number of nitrogens with zero attached hydrogens (tertiary/aromatic N) is 2. The Morgan fingerprint density at radius 1 is 1.11 bits per heavy atom. The van der Waals surface area contributed by atoms with Gasteiger partial charge in [0, 0.05) is 18.8 Å². The molecule has 0 amide bonds. The Kier molecular flexibility index (Phi) is 5.49. The van der Waals surface area contributed by atoms with Crippen LogP contribution in [0, 0.1) is 0 Å². The van der Waals surface area contributed by atoms with Gasteiger partial charge in [0.15, 0.2) is 5.16 Å². The number of aromatic nitrogens is 2. The van der Waals surface area contributed by atoms with Crippen LogP contribution in [-0.4, -0.2) is 49.0 Å². The lowest BCUT2D eigenvalue weighted by Crippen LogP contribution is -2.40. The Hall–Kier alpha value is -2.20. The van der Waals surface area contributed by atoms with E-state index in [9.17, 15) is 13.2 Å². The van der Waals surface area contributed by atoms with Gasteiger partial charge in [-0.3, -0.25) is 4.79 Å². The van der Waals surface area contributed by atoms with E-state index >= 15 is 0 Å². The van der Waals surface area contributed by atoms with Crippen molar-refractivity contribution in [2.45, 2.75) is 15.8 Å². The number of H-pyrrole nitrogens is 1. The average Bonchev–Trinajstić information content (AvgIpc) is 2.73. The van der Waals surface area contributed by atoms with Gasteiger partial charge in [0.05, 0.1) is 29.0 Å². The van der Waals surface area contributed by atoms with Gasteiger partial charge in [0.25, 0.3) is 5.56 Å². The number of para-hydroxylation sites is 1. The fraction of sp³-hybridized carbons (Fsp3) is 0.263. The van der Waals surface area contributed by atoms with Crippen molar-refractivity contribution in [1.29, 1.82) is 0 Å². The Morgan fingerprint density at radius 2 is 1.89 bits per heavy atom. The molecular formula is C19H19N3O4S2. The second kappa shape index (κ2) is 8.04. The van der Waals surface area contributed by atoms with Crippen LogP contribution >= 0.6 is 11.8 Å². The maximum absolute atomic E-state index is 12.8. The molecular weight excluding hydrogens is 398 g/mol. The zero-order valence-corrected chi connectivity index (χ0v) is 16.6. The third kappa shape index (κ3) is 3.97. The minimum atomic E-state index is -3.53. The molecule has 0 atom stereocenters. The number of aromatic amines is 1. The van der Waals surface area contributed by atoms with Crippen LogP contribution in [0.5, 0.6) is 0 Å². The van der Waals surface area contributed by atoms with Crippen LogP contribution < -0.4 is 5.56 Å². The number of thioether (sulfide) groups is 1. The van der Waals surface area contributed by atoms with Crippen molar-refractivity contribution in [3.8, 4) is 0 Å². The molecule has 9 heteroatoms. The molecule has 2 aromatic carbocycles. The van der Waals surface area contributed by atoms with Gasteiger partial charge in [-0.15, -0.1) is 0 Å². The highest BCUT2D eigenvalue weighted by Crippen LogP contribution is 2.23. The molecule has 0 saturated carbocycles. The number of sulfonamides is 1. The Morgan fingerprint density at radius 3 is 2.71 bits per heavy atom. The molecule has 1 N–H and O–H groups in total. The molecule has 0 unspecified atom stereocenters. The van der Waals surface area contributed by atoms with Crippen LogP contribution in [0.25, 0.3) is 10.9 Å². The summed E-state index contributed by atoms with van der Waals surface area (Å²) in [6.07, 6.45) is 0. The van der Waals surface area contributed by atoms with Crippen molar-refractivity contribution in [3.05, 3.63) is 64.4 Å². The summed E-state index contributed by atoms with van der Waals surface area (Å²) in [7, 11) is -3.53. The summed E-state index contributed by atoms with van der Waals surface area (Å²) in [5, 5.41) is 1.05. The van der Waals surface area contributed by atoms with Crippen LogP contribution in [0.2, 0.25) is 0 Å². The summed E-state index contributed by atoms with van der Waals surface area (Å²) in [6.45, 7) is 1.55. The molecule has 0 aliphatic carbocycles. The number of fused-ring (bicyclic) bond motifs is 1. The van der Waals surface area contributed by atoms with Gasteiger partial charge in [0.2, 0.25) is 10.0 Å². The quantitative estimate of drug-likeness (QED) is 0.506. The number of benzene rings is 2. The Labute approximate surface area is 166 Å². The molecule has 7 nitrogen and oxygen atoms in total. The second-order valence-corrected chi connectivity index (χ2v) is 9.24. The number of nitrogens with one attached hydrogen (secondary N) is 1. The predicted molar refractivity (Wildman–Crippen MR) is 108 cm³/mol. The number of hydrogen-bond acceptors (Lipinski definition) is 6. The van der Waals surface area contributed by atoms with E-state index < -0.39 is 10.0 Å². The number of hydrogen-bond donors (Lipinski definition) is 1. The van der Waals surface area contributed by atoms with Crippen molar-refractivity contribution in [3.63, 3.8) is 0 Å². The van der Waals surface area contributed by atoms with E-state index in [1.807, 2.05) is 12.1 Å². The lowest BCUT2D eigenvalue weighted by atomic mass is 10.2. The summed E-state index contributed by atoms with van der Waals surface area (Å²) in [5.74, 6) is 0.494. The van der Waals surface area contributed by atoms with Gasteiger partial charge in [-0.05, 0) is 29.8 Å². The highest BCUT2D eigenvalue weighted by atomic mass is 32.2. The summed E-state index contributed by atoms with van der Waals surface area (Å²) < 4.78 is 32.3. The Balaban J connectivity index is 1.53. The normalized spacial score (nSPS) is 15.7. The highest BCUT2D eigenvalue weighted by molar-refractivity contribution is 7.98. The molecule has 0 spiro atoms. The van der Waals surface area contributed by atoms with Crippen molar-refractivity contribution in [2.75, 3.05) is 26.3 Å². The number of morpholine rings is 1. The summed E-state index contributed by atoms with van der Waals surface area (Å²) in [5.41, 5.74) is 1.30. The van der Waals surface area contributed by atoms with Crippen molar-refractivity contribution < 1.29 is 13.2 Å². The third-order valence-corrected chi connectivity index (χ3v) is 7.31. The van der Waals surface area contributed by atoms with Gasteiger partial charge in [-0.2, -0.15) is 4.31 Å². The molecule has 0 radical (unpaired) electrons. The predicted octanol–water partition coefficient (Wildman–Crippen LogP) is 2.24. The van der Waals surface area contributed by atoms with E-state index in [0.29, 0.717) is 48.1 Å². The van der Waals surface area contributed by atoms with Crippen LogP contribution in [0.3, 0.4) is 0 Å². The van der Waals surface area contributed by atoms with E-state index in [-0.39, 0.29) is 10.5 Å². The van der Waals surface area contributed by atoms with E-state index in [0.717, 1.165) is 5.56 Å². The molecule has 1 saturated heterocycles. The summed E-state index contributed by atoms with van der Waals surface area (Å²) in [4.78, 5) is 19.7. The van der Waals surface area contributed by atoms with E-state index in [4.69, 9.17) is 4.74 Å². The zero-order chi connectivity index (χ0) is 19.6. The zero-order valence-electron chi connectivity index (χ0n) is 15.0. The summed E-state index contributed by atoms with van der Waals surface area (Å²) >= 11 is 1.36. The smallest absolute Gasteiger partial charge is 0.259 e. The van der Waals surface area contributed by atoms with Crippen LogP contribution in [0.15, 0.2) is 63.4 Å². The molecule has 1 fully saturated rings. The lowest BCUT2D eigenvalue weighted by Gasteiger charge is -2.26. The molecule has 3 aromatic rings. The minimum absolute atomic E-state index is 0.184. The molecule has 1 aliphatic rings. The lowest BCUT2D eigenvalue weighted by molar-refractivity contribution is 0.0730. The van der Waals surface area contributed by atoms with Gasteiger partial charge in [0.1, 0.15) is 0 Å². The minimum Gasteiger partial charge on any atom is -0.379 e. The molecule has 2 heterocycles. The molecule has 146 valence electrons. The first kappa shape index (κ1) is 19.1. The number of ether oxygens (including phenoxy) is 1. The third-order valence-electron chi connectivity index (χ3n) is 4.47. The topological polar surface area (TPSA) is 92.4 Å². The maximum Gasteiger partial charge on any atom is 0.259 e. The highest BCUT2D eigenvalue weighted by Gasteiger charge is 2.26. The van der Waals surface area contributed by atoms with Gasteiger partial charge in [-0.1, -0.05) is 36.0 Å². The molecule has 0 bridgehead atoms. The standard InChI is InChI=1S/C19H19N3O4S2/c23-18-16-6-1-2-7-17(16)20-19(21-18)27-13-14-4-3-5-15(12-14)28(24,25)22-8-10-26-11-9-22/h1-7,12H,8-11,13H2,(H,20,21,23). The van der Waals surface area contributed by atoms with Crippen molar-refractivity contribution in [1.82, 2.24) is 14.3 Å². The first-order valence-electron chi connectivity index (χ1n) is 8.83. The van der Waals surface area contributed by atoms with Gasteiger partial charge >= 0.3 is 0 Å².